The van der Waals surface area contributed by atoms with E-state index in [-0.39, 0.29) is 24.4 Å². The van der Waals surface area contributed by atoms with Gasteiger partial charge in [-0.2, -0.15) is 0 Å². The molecule has 0 spiro atoms. The molecule has 4 heteroatoms. The highest BCUT2D eigenvalue weighted by molar-refractivity contribution is 5.14. The summed E-state index contributed by atoms with van der Waals surface area (Å²) in [7, 11) is 0. The summed E-state index contributed by atoms with van der Waals surface area (Å²) in [5.41, 5.74) is 2.29. The monoisotopic (exact) mass is 410 g/mol. The fraction of sp³-hybridized carbons (Fsp3) is 0.462. The first-order valence-corrected chi connectivity index (χ1v) is 10.9. The molecule has 0 aromatic heterocycles. The zero-order valence-corrected chi connectivity index (χ0v) is 18.1. The van der Waals surface area contributed by atoms with Gasteiger partial charge in [-0.3, -0.25) is 0 Å². The lowest BCUT2D eigenvalue weighted by Gasteiger charge is -2.40. The molecule has 1 aliphatic rings. The predicted molar refractivity (Wildman–Crippen MR) is 119 cm³/mol. The van der Waals surface area contributed by atoms with Crippen molar-refractivity contribution in [1.29, 1.82) is 0 Å². The van der Waals surface area contributed by atoms with Crippen LogP contribution in [0.3, 0.4) is 0 Å². The van der Waals surface area contributed by atoms with E-state index in [0.29, 0.717) is 13.2 Å². The molecule has 0 N–H and O–H groups in total. The lowest BCUT2D eigenvalue weighted by Crippen LogP contribution is -2.50. The van der Waals surface area contributed by atoms with Crippen molar-refractivity contribution in [3.63, 3.8) is 0 Å². The molecule has 2 unspecified atom stereocenters. The number of allylic oxidation sites excluding steroid dienone is 1. The van der Waals surface area contributed by atoms with Crippen LogP contribution in [-0.2, 0) is 32.2 Å². The Morgan fingerprint density at radius 1 is 0.967 bits per heavy atom. The number of benzene rings is 2. The van der Waals surface area contributed by atoms with Gasteiger partial charge in [-0.1, -0.05) is 66.7 Å². The molecular weight excluding hydrogens is 376 g/mol. The van der Waals surface area contributed by atoms with Crippen LogP contribution < -0.4 is 0 Å². The molecule has 0 aliphatic carbocycles. The van der Waals surface area contributed by atoms with Crippen LogP contribution in [0.1, 0.15) is 44.2 Å². The molecule has 162 valence electrons. The normalized spacial score (nSPS) is 25.0. The molecule has 1 saturated heterocycles. The van der Waals surface area contributed by atoms with E-state index < -0.39 is 6.29 Å². The van der Waals surface area contributed by atoms with E-state index in [1.165, 1.54) is 0 Å². The third kappa shape index (κ3) is 7.06. The smallest absolute Gasteiger partial charge is 0.184 e. The van der Waals surface area contributed by atoms with Crippen LogP contribution in [0.5, 0.6) is 0 Å². The first-order valence-electron chi connectivity index (χ1n) is 10.9. The summed E-state index contributed by atoms with van der Waals surface area (Å²) in [4.78, 5) is 0. The van der Waals surface area contributed by atoms with Gasteiger partial charge in [0.15, 0.2) is 6.29 Å². The number of ether oxygens (including phenoxy) is 4. The summed E-state index contributed by atoms with van der Waals surface area (Å²) in [6.07, 6.45) is 3.86. The molecule has 2 aromatic carbocycles. The minimum Gasteiger partial charge on any atom is -0.371 e. The minimum absolute atomic E-state index is 0.0469. The molecule has 1 fully saturated rings. The zero-order valence-electron chi connectivity index (χ0n) is 18.1. The Balaban J connectivity index is 1.62. The Hall–Kier alpha value is -1.98. The van der Waals surface area contributed by atoms with E-state index in [4.69, 9.17) is 18.9 Å². The van der Waals surface area contributed by atoms with E-state index in [1.807, 2.05) is 49.4 Å². The number of rotatable bonds is 11. The van der Waals surface area contributed by atoms with Crippen molar-refractivity contribution in [2.24, 2.45) is 0 Å². The number of hydrogen-bond acceptors (Lipinski definition) is 4. The van der Waals surface area contributed by atoms with Gasteiger partial charge < -0.3 is 18.9 Å². The molecule has 0 saturated carbocycles. The highest BCUT2D eigenvalue weighted by Crippen LogP contribution is 2.28. The van der Waals surface area contributed by atoms with Gasteiger partial charge in [-0.25, -0.2) is 0 Å². The summed E-state index contributed by atoms with van der Waals surface area (Å²) in [5.74, 6) is 0. The lowest BCUT2D eigenvalue weighted by molar-refractivity contribution is -0.290. The van der Waals surface area contributed by atoms with Crippen molar-refractivity contribution in [3.05, 3.63) is 84.4 Å². The SMILES string of the molecule is C=CCC[C@@H](C)O[C@H]1OC(C)[C@@H](OCc2ccccc2)CC1OCc1ccccc1. The van der Waals surface area contributed by atoms with Crippen molar-refractivity contribution in [2.45, 2.75) is 77.0 Å². The fourth-order valence-electron chi connectivity index (χ4n) is 3.59. The Morgan fingerprint density at radius 3 is 2.10 bits per heavy atom. The molecule has 1 aliphatic heterocycles. The Labute approximate surface area is 180 Å². The summed E-state index contributed by atoms with van der Waals surface area (Å²) in [6, 6.07) is 20.4. The first-order chi connectivity index (χ1) is 14.7. The Bertz CT molecular complexity index is 733. The van der Waals surface area contributed by atoms with Crippen LogP contribution in [0.4, 0.5) is 0 Å². The second-order valence-electron chi connectivity index (χ2n) is 7.93. The van der Waals surface area contributed by atoms with Gasteiger partial charge in [0, 0.05) is 6.42 Å². The quantitative estimate of drug-likeness (QED) is 0.448. The van der Waals surface area contributed by atoms with Crippen molar-refractivity contribution in [3.8, 4) is 0 Å². The fourth-order valence-corrected chi connectivity index (χ4v) is 3.59. The van der Waals surface area contributed by atoms with Gasteiger partial charge in [0.1, 0.15) is 6.10 Å². The second-order valence-corrected chi connectivity index (χ2v) is 7.93. The first kappa shape index (κ1) is 22.7. The van der Waals surface area contributed by atoms with Crippen LogP contribution >= 0.6 is 0 Å². The molecule has 2 aromatic rings. The largest absolute Gasteiger partial charge is 0.371 e. The maximum Gasteiger partial charge on any atom is 0.184 e. The zero-order chi connectivity index (χ0) is 21.2. The average molecular weight is 411 g/mol. The van der Waals surface area contributed by atoms with Gasteiger partial charge in [0.25, 0.3) is 0 Å². The summed E-state index contributed by atoms with van der Waals surface area (Å²) < 4.78 is 24.9. The topological polar surface area (TPSA) is 36.9 Å². The Morgan fingerprint density at radius 2 is 1.53 bits per heavy atom. The third-order valence-corrected chi connectivity index (χ3v) is 5.40. The van der Waals surface area contributed by atoms with Crippen LogP contribution in [0.2, 0.25) is 0 Å². The lowest BCUT2D eigenvalue weighted by atomic mass is 10.0. The van der Waals surface area contributed by atoms with Gasteiger partial charge in [-0.15, -0.1) is 6.58 Å². The van der Waals surface area contributed by atoms with Crippen LogP contribution in [-0.4, -0.2) is 30.7 Å². The highest BCUT2D eigenvalue weighted by Gasteiger charge is 2.38. The molecule has 0 amide bonds. The third-order valence-electron chi connectivity index (χ3n) is 5.40. The van der Waals surface area contributed by atoms with E-state index in [1.54, 1.807) is 0 Å². The second kappa shape index (κ2) is 12.0. The maximum atomic E-state index is 6.27. The van der Waals surface area contributed by atoms with E-state index in [9.17, 15) is 0 Å². The van der Waals surface area contributed by atoms with Crippen LogP contribution in [0.15, 0.2) is 73.3 Å². The summed E-state index contributed by atoms with van der Waals surface area (Å²) in [5, 5.41) is 0. The molecule has 0 radical (unpaired) electrons. The van der Waals surface area contributed by atoms with Crippen molar-refractivity contribution >= 4 is 0 Å². The van der Waals surface area contributed by atoms with E-state index in [0.717, 1.165) is 30.4 Å². The van der Waals surface area contributed by atoms with Crippen molar-refractivity contribution in [2.75, 3.05) is 0 Å². The van der Waals surface area contributed by atoms with Crippen LogP contribution in [0, 0.1) is 0 Å². The van der Waals surface area contributed by atoms with Crippen molar-refractivity contribution in [1.82, 2.24) is 0 Å². The molecule has 0 bridgehead atoms. The molecule has 5 atom stereocenters. The van der Waals surface area contributed by atoms with Crippen LogP contribution in [0.25, 0.3) is 0 Å². The predicted octanol–water partition coefficient (Wildman–Crippen LogP) is 5.66. The number of hydrogen-bond donors (Lipinski definition) is 0. The van der Waals surface area contributed by atoms with Crippen molar-refractivity contribution < 1.29 is 18.9 Å². The van der Waals surface area contributed by atoms with Gasteiger partial charge in [0.2, 0.25) is 0 Å². The van der Waals surface area contributed by atoms with Gasteiger partial charge >= 0.3 is 0 Å². The van der Waals surface area contributed by atoms with Gasteiger partial charge in [0.05, 0.1) is 31.5 Å². The molecule has 1 heterocycles. The summed E-state index contributed by atoms with van der Waals surface area (Å²) >= 11 is 0. The van der Waals surface area contributed by atoms with E-state index >= 15 is 0 Å². The summed E-state index contributed by atoms with van der Waals surface area (Å²) in [6.45, 7) is 9.00. The highest BCUT2D eigenvalue weighted by atomic mass is 16.7. The van der Waals surface area contributed by atoms with Gasteiger partial charge in [-0.05, 0) is 37.8 Å². The molecule has 30 heavy (non-hydrogen) atoms. The Kier molecular flexibility index (Phi) is 9.09. The average Bonchev–Trinajstić information content (AvgIpc) is 2.77. The molecule has 4 nitrogen and oxygen atoms in total. The minimum atomic E-state index is -0.403. The molecular formula is C26H34O4. The standard InChI is InChI=1S/C26H34O4/c1-4-5-12-20(2)29-26-25(28-19-23-15-10-7-11-16-23)17-24(21(3)30-26)27-18-22-13-8-6-9-14-22/h4,6-11,13-16,20-21,24-26H,1,5,12,17-19H2,2-3H3/t20-,21?,24+,25?,26+/m1/s1. The molecule has 3 rings (SSSR count). The van der Waals surface area contributed by atoms with E-state index in [2.05, 4.69) is 37.8 Å². The maximum absolute atomic E-state index is 6.27.